The van der Waals surface area contributed by atoms with Crippen molar-refractivity contribution >= 4 is 22.3 Å². The topological polar surface area (TPSA) is 52.6 Å². The van der Waals surface area contributed by atoms with E-state index in [2.05, 4.69) is 12.1 Å². The zero-order chi connectivity index (χ0) is 28.7. The molecular formula is C38H28O4. The fraction of sp³-hybridized carbons (Fsp3) is 0.0526. The Morgan fingerprint density at radius 3 is 1.29 bits per heavy atom. The number of ketones is 2. The molecule has 0 heterocycles. The van der Waals surface area contributed by atoms with Crippen molar-refractivity contribution in [1.29, 1.82) is 0 Å². The van der Waals surface area contributed by atoms with Crippen molar-refractivity contribution in [3.05, 3.63) is 179 Å². The highest BCUT2D eigenvalue weighted by Gasteiger charge is 2.13. The van der Waals surface area contributed by atoms with Crippen LogP contribution in [-0.2, 0) is 13.2 Å². The highest BCUT2D eigenvalue weighted by Crippen LogP contribution is 2.27. The van der Waals surface area contributed by atoms with Gasteiger partial charge in [-0.3, -0.25) is 9.59 Å². The smallest absolute Gasteiger partial charge is 0.193 e. The summed E-state index contributed by atoms with van der Waals surface area (Å²) in [5, 5.41) is 2.14. The second-order valence-electron chi connectivity index (χ2n) is 9.96. The molecule has 4 heteroatoms. The lowest BCUT2D eigenvalue weighted by Crippen LogP contribution is -2.04. The molecule has 0 spiro atoms. The third-order valence-corrected chi connectivity index (χ3v) is 7.13. The van der Waals surface area contributed by atoms with Crippen LogP contribution < -0.4 is 9.47 Å². The summed E-state index contributed by atoms with van der Waals surface area (Å²) in [4.78, 5) is 25.8. The number of carbonyl (C=O) groups is 2. The van der Waals surface area contributed by atoms with Crippen molar-refractivity contribution in [3.8, 4) is 11.5 Å². The zero-order valence-electron chi connectivity index (χ0n) is 22.9. The Morgan fingerprint density at radius 1 is 0.429 bits per heavy atom. The van der Waals surface area contributed by atoms with Gasteiger partial charge in [0.05, 0.1) is 0 Å². The van der Waals surface area contributed by atoms with E-state index in [0.717, 1.165) is 21.9 Å². The maximum absolute atomic E-state index is 12.9. The predicted octanol–water partition coefficient (Wildman–Crippen LogP) is 8.46. The van der Waals surface area contributed by atoms with Crippen LogP contribution in [0.5, 0.6) is 11.5 Å². The molecule has 0 saturated heterocycles. The number of fused-ring (bicyclic) bond motifs is 1. The van der Waals surface area contributed by atoms with Crippen LogP contribution in [0.15, 0.2) is 146 Å². The van der Waals surface area contributed by atoms with Gasteiger partial charge >= 0.3 is 0 Å². The first kappa shape index (κ1) is 26.7. The average molecular weight is 549 g/mol. The molecule has 0 atom stereocenters. The quantitative estimate of drug-likeness (QED) is 0.161. The Morgan fingerprint density at radius 2 is 0.833 bits per heavy atom. The van der Waals surface area contributed by atoms with Crippen LogP contribution in [0.2, 0.25) is 0 Å². The molecule has 0 bridgehead atoms. The van der Waals surface area contributed by atoms with Gasteiger partial charge in [-0.2, -0.15) is 0 Å². The fourth-order valence-electron chi connectivity index (χ4n) is 5.03. The van der Waals surface area contributed by atoms with Gasteiger partial charge in [-0.15, -0.1) is 0 Å². The lowest BCUT2D eigenvalue weighted by Gasteiger charge is -2.14. The molecule has 204 valence electrons. The number of hydrogen-bond acceptors (Lipinski definition) is 4. The number of benzene rings is 6. The first-order chi connectivity index (χ1) is 20.7. The van der Waals surface area contributed by atoms with Crippen molar-refractivity contribution in [2.24, 2.45) is 0 Å². The Labute approximate surface area is 244 Å². The molecule has 0 amide bonds. The van der Waals surface area contributed by atoms with Gasteiger partial charge in [0.25, 0.3) is 0 Å². The first-order valence-electron chi connectivity index (χ1n) is 13.8. The molecule has 42 heavy (non-hydrogen) atoms. The van der Waals surface area contributed by atoms with Gasteiger partial charge in [-0.25, -0.2) is 0 Å². The van der Waals surface area contributed by atoms with Crippen molar-refractivity contribution in [2.45, 2.75) is 13.2 Å². The lowest BCUT2D eigenvalue weighted by molar-refractivity contribution is 0.103. The van der Waals surface area contributed by atoms with Crippen LogP contribution in [0.1, 0.15) is 43.0 Å². The fourth-order valence-corrected chi connectivity index (χ4v) is 5.03. The van der Waals surface area contributed by atoms with Crippen LogP contribution in [-0.4, -0.2) is 11.6 Å². The maximum Gasteiger partial charge on any atom is 0.193 e. The van der Waals surface area contributed by atoms with E-state index in [9.17, 15) is 9.59 Å². The number of carbonyl (C=O) groups excluding carboxylic acids is 2. The van der Waals surface area contributed by atoms with E-state index in [1.807, 2.05) is 109 Å². The summed E-state index contributed by atoms with van der Waals surface area (Å²) in [6.07, 6.45) is 0. The minimum absolute atomic E-state index is 0.0415. The van der Waals surface area contributed by atoms with Crippen molar-refractivity contribution in [1.82, 2.24) is 0 Å². The van der Waals surface area contributed by atoms with Gasteiger partial charge in [0.1, 0.15) is 24.7 Å². The number of hydrogen-bond donors (Lipinski definition) is 0. The first-order valence-corrected chi connectivity index (χ1v) is 13.8. The third-order valence-electron chi connectivity index (χ3n) is 7.13. The van der Waals surface area contributed by atoms with Gasteiger partial charge in [0.15, 0.2) is 11.6 Å². The molecule has 0 aliphatic heterocycles. The molecule has 0 saturated carbocycles. The van der Waals surface area contributed by atoms with E-state index in [0.29, 0.717) is 47.0 Å². The summed E-state index contributed by atoms with van der Waals surface area (Å²) in [5.74, 6) is 1.17. The SMILES string of the molecule is O=C(c1ccccc1)c1cccc(OCc2cccc3cccc(COc4cccc(C(=O)c5ccccc5)c4)c23)c1. The molecule has 6 rings (SSSR count). The van der Waals surface area contributed by atoms with Gasteiger partial charge in [-0.1, -0.05) is 121 Å². The third kappa shape index (κ3) is 5.98. The van der Waals surface area contributed by atoms with Gasteiger partial charge in [0.2, 0.25) is 0 Å². The largest absolute Gasteiger partial charge is 0.489 e. The molecule has 0 fully saturated rings. The van der Waals surface area contributed by atoms with E-state index in [1.165, 1.54) is 0 Å². The summed E-state index contributed by atoms with van der Waals surface area (Å²) in [7, 11) is 0. The van der Waals surface area contributed by atoms with E-state index in [4.69, 9.17) is 9.47 Å². The summed E-state index contributed by atoms with van der Waals surface area (Å²) in [6, 6.07) is 45.3. The minimum Gasteiger partial charge on any atom is -0.489 e. The average Bonchev–Trinajstić information content (AvgIpc) is 3.06. The Hall–Kier alpha value is -5.48. The summed E-state index contributed by atoms with van der Waals surface area (Å²) in [6.45, 7) is 0.663. The van der Waals surface area contributed by atoms with Gasteiger partial charge in [-0.05, 0) is 46.2 Å². The van der Waals surface area contributed by atoms with Crippen LogP contribution >= 0.6 is 0 Å². The standard InChI is InChI=1S/C38H28O4/c39-37(28-11-3-1-4-12-28)30-17-9-21-34(23-30)41-25-32-19-7-15-27-16-8-20-33(36(27)32)26-42-35-22-10-18-31(24-35)38(40)29-13-5-2-6-14-29/h1-24H,25-26H2. The number of rotatable bonds is 10. The molecule has 0 unspecified atom stereocenters. The van der Waals surface area contributed by atoms with Gasteiger partial charge in [0, 0.05) is 22.3 Å². The van der Waals surface area contributed by atoms with E-state index >= 15 is 0 Å². The maximum atomic E-state index is 12.9. The van der Waals surface area contributed by atoms with Crippen LogP contribution in [0.3, 0.4) is 0 Å². The Bertz CT molecular complexity index is 1730. The summed E-state index contributed by atoms with van der Waals surface area (Å²) in [5.41, 5.74) is 4.47. The molecule has 4 nitrogen and oxygen atoms in total. The molecule has 0 aromatic heterocycles. The van der Waals surface area contributed by atoms with Gasteiger partial charge < -0.3 is 9.47 Å². The molecule has 0 radical (unpaired) electrons. The molecule has 0 N–H and O–H groups in total. The highest BCUT2D eigenvalue weighted by molar-refractivity contribution is 6.09. The molecule has 6 aromatic carbocycles. The van der Waals surface area contributed by atoms with E-state index in [-0.39, 0.29) is 11.6 Å². The minimum atomic E-state index is -0.0415. The molecule has 0 aliphatic rings. The Kier molecular flexibility index (Phi) is 7.87. The molecular weight excluding hydrogens is 520 g/mol. The van der Waals surface area contributed by atoms with Crippen molar-refractivity contribution in [2.75, 3.05) is 0 Å². The second kappa shape index (κ2) is 12.4. The van der Waals surface area contributed by atoms with Crippen molar-refractivity contribution < 1.29 is 19.1 Å². The molecule has 6 aromatic rings. The second-order valence-corrected chi connectivity index (χ2v) is 9.96. The Balaban J connectivity index is 1.20. The predicted molar refractivity (Wildman–Crippen MR) is 165 cm³/mol. The van der Waals surface area contributed by atoms with Crippen molar-refractivity contribution in [3.63, 3.8) is 0 Å². The van der Waals surface area contributed by atoms with Crippen LogP contribution in [0.25, 0.3) is 10.8 Å². The molecule has 0 aliphatic carbocycles. The lowest BCUT2D eigenvalue weighted by atomic mass is 10.00. The van der Waals surface area contributed by atoms with Crippen LogP contribution in [0, 0.1) is 0 Å². The summed E-state index contributed by atoms with van der Waals surface area (Å²) < 4.78 is 12.4. The highest BCUT2D eigenvalue weighted by atomic mass is 16.5. The summed E-state index contributed by atoms with van der Waals surface area (Å²) >= 11 is 0. The zero-order valence-corrected chi connectivity index (χ0v) is 22.9. The monoisotopic (exact) mass is 548 g/mol. The number of ether oxygens (including phenoxy) is 2. The normalized spacial score (nSPS) is 10.8. The van der Waals surface area contributed by atoms with E-state index < -0.39 is 0 Å². The van der Waals surface area contributed by atoms with Crippen LogP contribution in [0.4, 0.5) is 0 Å². The van der Waals surface area contributed by atoms with E-state index in [1.54, 1.807) is 24.3 Å².